The van der Waals surface area contributed by atoms with Gasteiger partial charge in [0.2, 0.25) is 0 Å². The maximum Gasteiger partial charge on any atom is 0.287 e. The third kappa shape index (κ3) is 4.18. The molecule has 0 fully saturated rings. The van der Waals surface area contributed by atoms with Gasteiger partial charge >= 0.3 is 0 Å². The smallest absolute Gasteiger partial charge is 0.287 e. The minimum absolute atomic E-state index is 0.194. The van der Waals surface area contributed by atoms with Gasteiger partial charge in [-0.1, -0.05) is 41.9 Å². The van der Waals surface area contributed by atoms with Crippen LogP contribution in [0.15, 0.2) is 52.9 Å². The summed E-state index contributed by atoms with van der Waals surface area (Å²) in [5, 5.41) is 7.33. The lowest BCUT2D eigenvalue weighted by Crippen LogP contribution is -2.27. The fourth-order valence-electron chi connectivity index (χ4n) is 2.68. The number of rotatable bonds is 8. The first-order valence-corrected chi connectivity index (χ1v) is 8.89. The topological polar surface area (TPSA) is 63.5 Å². The number of carbonyl (C=O) groups excluding carboxylic acids is 1. The van der Waals surface area contributed by atoms with Crippen molar-refractivity contribution in [3.8, 4) is 5.75 Å². The molecule has 0 spiro atoms. The number of halogens is 1. The van der Waals surface area contributed by atoms with Gasteiger partial charge in [0.15, 0.2) is 5.76 Å². The first-order valence-electron chi connectivity index (χ1n) is 8.51. The van der Waals surface area contributed by atoms with Gasteiger partial charge in [0.1, 0.15) is 17.9 Å². The number of ether oxygens (including phenoxy) is 1. The predicted molar refractivity (Wildman–Crippen MR) is 103 cm³/mol. The van der Waals surface area contributed by atoms with Crippen LogP contribution in [0.2, 0.25) is 5.02 Å². The molecule has 5 nitrogen and oxygen atoms in total. The highest BCUT2D eigenvalue weighted by Crippen LogP contribution is 2.29. The number of hydrogen-bond acceptors (Lipinski definition) is 4. The number of fused-ring (bicyclic) bond motifs is 1. The molecule has 0 unspecified atom stereocenters. The highest BCUT2D eigenvalue weighted by molar-refractivity contribution is 6.32. The lowest BCUT2D eigenvalue weighted by molar-refractivity contribution is 0.0924. The Morgan fingerprint density at radius 1 is 1.12 bits per heavy atom. The third-order valence-corrected chi connectivity index (χ3v) is 4.31. The van der Waals surface area contributed by atoms with Gasteiger partial charge in [0.25, 0.3) is 5.91 Å². The average Bonchev–Trinajstić information content (AvgIpc) is 3.03. The van der Waals surface area contributed by atoms with E-state index in [2.05, 4.69) is 10.6 Å². The van der Waals surface area contributed by atoms with E-state index in [1.165, 1.54) is 0 Å². The van der Waals surface area contributed by atoms with Crippen molar-refractivity contribution < 1.29 is 13.9 Å². The Labute approximate surface area is 157 Å². The van der Waals surface area contributed by atoms with Gasteiger partial charge in [-0.3, -0.25) is 4.79 Å². The SMILES string of the molecule is CNCCCNC(=O)c1oc2ccccc2c1COc1ccccc1Cl. The van der Waals surface area contributed by atoms with Crippen LogP contribution in [0, 0.1) is 0 Å². The molecule has 0 saturated carbocycles. The summed E-state index contributed by atoms with van der Waals surface area (Å²) in [6.45, 7) is 1.60. The molecule has 136 valence electrons. The van der Waals surface area contributed by atoms with Gasteiger partial charge in [-0.2, -0.15) is 0 Å². The van der Waals surface area contributed by atoms with Crippen LogP contribution in [0.4, 0.5) is 0 Å². The Morgan fingerprint density at radius 2 is 1.88 bits per heavy atom. The molecule has 0 saturated heterocycles. The van der Waals surface area contributed by atoms with E-state index in [9.17, 15) is 4.79 Å². The lowest BCUT2D eigenvalue weighted by Gasteiger charge is -2.09. The van der Waals surface area contributed by atoms with Crippen LogP contribution < -0.4 is 15.4 Å². The van der Waals surface area contributed by atoms with Gasteiger partial charge < -0.3 is 19.8 Å². The molecule has 1 heterocycles. The molecule has 0 radical (unpaired) electrons. The molecule has 2 aromatic carbocycles. The summed E-state index contributed by atoms with van der Waals surface area (Å²) in [4.78, 5) is 12.6. The fourth-order valence-corrected chi connectivity index (χ4v) is 2.87. The standard InChI is InChI=1S/C20H21ClN2O3/c1-22-11-6-12-23-20(24)19-15(14-7-2-4-9-17(14)26-19)13-25-18-10-5-3-8-16(18)21/h2-5,7-10,22H,6,11-13H2,1H3,(H,23,24). The van der Waals surface area contributed by atoms with Crippen molar-refractivity contribution in [3.63, 3.8) is 0 Å². The monoisotopic (exact) mass is 372 g/mol. The van der Waals surface area contributed by atoms with Gasteiger partial charge in [0, 0.05) is 17.5 Å². The fraction of sp³-hybridized carbons (Fsp3) is 0.250. The summed E-state index contributed by atoms with van der Waals surface area (Å²) in [7, 11) is 1.88. The number of furan rings is 1. The highest BCUT2D eigenvalue weighted by atomic mass is 35.5. The van der Waals surface area contributed by atoms with Crippen LogP contribution in [0.25, 0.3) is 11.0 Å². The molecule has 1 amide bonds. The Balaban J connectivity index is 1.82. The largest absolute Gasteiger partial charge is 0.487 e. The molecule has 0 aliphatic rings. The van der Waals surface area contributed by atoms with E-state index in [-0.39, 0.29) is 18.3 Å². The number of hydrogen-bond donors (Lipinski definition) is 2. The molecule has 6 heteroatoms. The number of benzene rings is 2. The molecule has 3 rings (SSSR count). The minimum Gasteiger partial charge on any atom is -0.487 e. The van der Waals surface area contributed by atoms with E-state index in [0.29, 0.717) is 28.5 Å². The zero-order valence-electron chi connectivity index (χ0n) is 14.5. The second-order valence-electron chi connectivity index (χ2n) is 5.84. The van der Waals surface area contributed by atoms with Crippen molar-refractivity contribution in [1.29, 1.82) is 0 Å². The van der Waals surface area contributed by atoms with Crippen molar-refractivity contribution in [3.05, 3.63) is 64.9 Å². The quantitative estimate of drug-likeness (QED) is 0.586. The molecule has 0 bridgehead atoms. The molecule has 2 N–H and O–H groups in total. The Bertz CT molecular complexity index is 892. The van der Waals surface area contributed by atoms with Gasteiger partial charge in [0.05, 0.1) is 5.02 Å². The van der Waals surface area contributed by atoms with Crippen LogP contribution in [0.3, 0.4) is 0 Å². The predicted octanol–water partition coefficient (Wildman–Crippen LogP) is 4.00. The molecule has 0 aliphatic carbocycles. The first kappa shape index (κ1) is 18.3. The highest BCUT2D eigenvalue weighted by Gasteiger charge is 2.21. The summed E-state index contributed by atoms with van der Waals surface area (Å²) in [5.41, 5.74) is 1.37. The second kappa shape index (κ2) is 8.74. The minimum atomic E-state index is -0.241. The van der Waals surface area contributed by atoms with Crippen LogP contribution in [0.1, 0.15) is 22.5 Å². The van der Waals surface area contributed by atoms with E-state index >= 15 is 0 Å². The van der Waals surface area contributed by atoms with Gasteiger partial charge in [-0.05, 0) is 38.2 Å². The molecular formula is C20H21ClN2O3. The van der Waals surface area contributed by atoms with Gasteiger partial charge in [-0.15, -0.1) is 0 Å². The normalized spacial score (nSPS) is 10.8. The van der Waals surface area contributed by atoms with E-state index < -0.39 is 0 Å². The summed E-state index contributed by atoms with van der Waals surface area (Å²) >= 11 is 6.15. The molecule has 3 aromatic rings. The van der Waals surface area contributed by atoms with Gasteiger partial charge in [-0.25, -0.2) is 0 Å². The number of amides is 1. The van der Waals surface area contributed by atoms with Crippen LogP contribution in [0.5, 0.6) is 5.75 Å². The number of nitrogens with one attached hydrogen (secondary N) is 2. The molecule has 26 heavy (non-hydrogen) atoms. The first-order chi connectivity index (χ1) is 12.7. The summed E-state index contributed by atoms with van der Waals surface area (Å²) in [5.74, 6) is 0.609. The maximum atomic E-state index is 12.6. The third-order valence-electron chi connectivity index (χ3n) is 4.00. The van der Waals surface area contributed by atoms with Crippen molar-refractivity contribution in [2.24, 2.45) is 0 Å². The summed E-state index contributed by atoms with van der Waals surface area (Å²) in [6, 6.07) is 14.8. The lowest BCUT2D eigenvalue weighted by atomic mass is 10.1. The zero-order valence-corrected chi connectivity index (χ0v) is 15.3. The van der Waals surface area contributed by atoms with Crippen LogP contribution in [-0.2, 0) is 6.61 Å². The summed E-state index contributed by atoms with van der Waals surface area (Å²) < 4.78 is 11.6. The zero-order chi connectivity index (χ0) is 18.4. The average molecular weight is 373 g/mol. The van der Waals surface area contributed by atoms with Crippen molar-refractivity contribution >= 4 is 28.5 Å². The molecule has 0 atom stereocenters. The number of carbonyl (C=O) groups is 1. The van der Waals surface area contributed by atoms with E-state index in [1.54, 1.807) is 12.1 Å². The van der Waals surface area contributed by atoms with E-state index in [0.717, 1.165) is 18.4 Å². The van der Waals surface area contributed by atoms with Crippen molar-refractivity contribution in [2.75, 3.05) is 20.1 Å². The Morgan fingerprint density at radius 3 is 2.69 bits per heavy atom. The number of para-hydroxylation sites is 2. The maximum absolute atomic E-state index is 12.6. The van der Waals surface area contributed by atoms with Crippen molar-refractivity contribution in [1.82, 2.24) is 10.6 Å². The van der Waals surface area contributed by atoms with E-state index in [4.69, 9.17) is 20.8 Å². The molecule has 1 aromatic heterocycles. The van der Waals surface area contributed by atoms with Crippen LogP contribution in [-0.4, -0.2) is 26.0 Å². The molecule has 0 aliphatic heterocycles. The van der Waals surface area contributed by atoms with Crippen molar-refractivity contribution in [2.45, 2.75) is 13.0 Å². The summed E-state index contributed by atoms with van der Waals surface area (Å²) in [6.07, 6.45) is 0.841. The Kier molecular flexibility index (Phi) is 6.15. The molecular weight excluding hydrogens is 352 g/mol. The van der Waals surface area contributed by atoms with E-state index in [1.807, 2.05) is 43.4 Å². The van der Waals surface area contributed by atoms with Crippen LogP contribution >= 0.6 is 11.6 Å². The Hall–Kier alpha value is -2.50. The second-order valence-corrected chi connectivity index (χ2v) is 6.25.